The lowest BCUT2D eigenvalue weighted by Gasteiger charge is -2.29. The van der Waals surface area contributed by atoms with E-state index in [0.717, 1.165) is 76.1 Å². The molecule has 0 atom stereocenters. The van der Waals surface area contributed by atoms with Gasteiger partial charge in [0.25, 0.3) is 5.01 Å². The fourth-order valence-electron chi connectivity index (χ4n) is 9.37. The number of methoxy groups -OCH3 is 1. The van der Waals surface area contributed by atoms with E-state index in [1.165, 1.54) is 33.5 Å². The van der Waals surface area contributed by atoms with Crippen LogP contribution in [-0.2, 0) is 33.3 Å². The van der Waals surface area contributed by atoms with Crippen molar-refractivity contribution in [1.82, 2.24) is 0 Å². The van der Waals surface area contributed by atoms with E-state index in [4.69, 9.17) is 4.74 Å². The Morgan fingerprint density at radius 2 is 1.49 bits per heavy atom. The van der Waals surface area contributed by atoms with Gasteiger partial charge in [0.2, 0.25) is 16.7 Å². The number of thiazole rings is 1. The van der Waals surface area contributed by atoms with Gasteiger partial charge in [-0.25, -0.2) is 16.8 Å². The first-order valence-corrected chi connectivity index (χ1v) is 29.3. The van der Waals surface area contributed by atoms with E-state index in [1.807, 2.05) is 41.8 Å². The van der Waals surface area contributed by atoms with E-state index >= 15 is 0 Å². The van der Waals surface area contributed by atoms with Crippen molar-refractivity contribution < 1.29 is 39.8 Å². The number of ether oxygens (including phenoxy) is 1. The molecule has 2 aliphatic rings. The zero-order chi connectivity index (χ0) is 49.9. The molecule has 0 amide bonds. The lowest BCUT2D eigenvalue weighted by molar-refractivity contribution is -0.669. The molecule has 0 radical (unpaired) electrons. The smallest absolute Gasteiger partial charge is 0.263 e. The summed E-state index contributed by atoms with van der Waals surface area (Å²) in [6.07, 6.45) is 12.0. The lowest BCUT2D eigenvalue weighted by Crippen LogP contribution is -2.37. The second-order valence-electron chi connectivity index (χ2n) is 17.1. The average Bonchev–Trinajstić information content (AvgIpc) is 4.08. The molecule has 0 spiro atoms. The first-order chi connectivity index (χ1) is 34.3. The molecule has 5 heterocycles. The van der Waals surface area contributed by atoms with E-state index < -0.39 is 31.7 Å². The normalized spacial score (nSPS) is 15.0. The number of thioether (sulfide) groups is 1. The van der Waals surface area contributed by atoms with Crippen LogP contribution in [0.5, 0.6) is 5.75 Å². The molecule has 0 N–H and O–H groups in total. The van der Waals surface area contributed by atoms with Crippen LogP contribution in [0.3, 0.4) is 0 Å². The largest absolute Gasteiger partial charge is 0.748 e. The monoisotopic (exact) mass is 1040 g/mol. The summed E-state index contributed by atoms with van der Waals surface area (Å²) in [5.74, 6) is -0.135. The Morgan fingerprint density at radius 1 is 0.761 bits per heavy atom. The van der Waals surface area contributed by atoms with Gasteiger partial charge in [0.15, 0.2) is 6.54 Å². The van der Waals surface area contributed by atoms with Crippen molar-refractivity contribution in [2.24, 2.45) is 0 Å². The average molecular weight is 1040 g/mol. The fraction of sp³-hybridized carbons (Fsp3) is 0.236. The Balaban J connectivity index is 0.000000209. The van der Waals surface area contributed by atoms with Gasteiger partial charge in [-0.1, -0.05) is 96.8 Å². The lowest BCUT2D eigenvalue weighted by atomic mass is 10.0. The third-order valence-corrected chi connectivity index (χ3v) is 17.4. The summed E-state index contributed by atoms with van der Waals surface area (Å²) in [6.45, 7) is 9.09. The van der Waals surface area contributed by atoms with Gasteiger partial charge in [-0.2, -0.15) is 9.13 Å². The van der Waals surface area contributed by atoms with Crippen LogP contribution in [0.1, 0.15) is 56.3 Å². The van der Waals surface area contributed by atoms with Gasteiger partial charge < -0.3 is 23.6 Å². The predicted octanol–water partition coefficient (Wildman–Crippen LogP) is 11.7. The molecule has 5 aromatic carbocycles. The number of pyridine rings is 1. The van der Waals surface area contributed by atoms with Crippen LogP contribution in [0.25, 0.3) is 60.2 Å². The van der Waals surface area contributed by atoms with Crippen LogP contribution in [-0.4, -0.2) is 57.6 Å². The maximum Gasteiger partial charge on any atom is 0.263 e. The van der Waals surface area contributed by atoms with Gasteiger partial charge in [0, 0.05) is 88.4 Å². The van der Waals surface area contributed by atoms with Gasteiger partial charge in [-0.15, -0.1) is 11.3 Å². The van der Waals surface area contributed by atoms with Gasteiger partial charge in [0.1, 0.15) is 21.7 Å². The molecule has 0 aliphatic carbocycles. The number of hydrogen-bond acceptors (Lipinski definition) is 12. The first-order valence-electron chi connectivity index (χ1n) is 23.6. The van der Waals surface area contributed by atoms with Gasteiger partial charge in [-0.05, 0) is 96.5 Å². The molecule has 0 unspecified atom stereocenters. The second kappa shape index (κ2) is 21.5. The minimum absolute atomic E-state index is 0.180. The molecular weight excluding hydrogens is 989 g/mol. The molecule has 71 heavy (non-hydrogen) atoms. The molecular formula is C55H54N4O7S5. The summed E-state index contributed by atoms with van der Waals surface area (Å²) in [4.78, 5) is 5.54. The molecule has 10 rings (SSSR count). The van der Waals surface area contributed by atoms with Gasteiger partial charge >= 0.3 is 0 Å². The Bertz CT molecular complexity index is 3670. The number of anilines is 2. The molecule has 2 aliphatic heterocycles. The van der Waals surface area contributed by atoms with Crippen LogP contribution < -0.4 is 23.7 Å². The topological polar surface area (TPSA) is 138 Å². The Morgan fingerprint density at radius 3 is 2.25 bits per heavy atom. The number of hydrogen-bond donors (Lipinski definition) is 0. The third kappa shape index (κ3) is 11.0. The van der Waals surface area contributed by atoms with E-state index in [9.17, 15) is 25.9 Å². The Kier molecular flexibility index (Phi) is 15.2. The standard InChI is InChI=1S/C32H32N2O7S5.C23H23N2/c1-3-21(18-28-33(13-6-16-45(35,36)37)25-11-10-22-8-4-5-9-23(22)31(25)44-28)19-29-34(14-7-17-46(38,39)40)30-27(43-29)20-26(41-2)24-12-15-42-32(24)30;1-3-24-20(15-13-18-9-5-7-11-22(18)24)17-21-16-14-19-10-6-8-12-23(19)25(21)4-2/h4-5,8-12,15,18-20H,3,6-7,13-14,16-17H2,1-2H3,(H-,35,36,37,38,39,40);5-17H,3-4H2,1-2H3/q;+1/p-1. The highest BCUT2D eigenvalue weighted by atomic mass is 32.2. The molecule has 8 aromatic rings. The summed E-state index contributed by atoms with van der Waals surface area (Å²) in [6, 6.07) is 37.8. The summed E-state index contributed by atoms with van der Waals surface area (Å²) in [7, 11) is -7.07. The summed E-state index contributed by atoms with van der Waals surface area (Å²) >= 11 is 4.78. The summed E-state index contributed by atoms with van der Waals surface area (Å²) in [5.41, 5.74) is 9.26. The minimum atomic E-state index is -4.36. The Hall–Kier alpha value is -5.85. The number of aromatic nitrogens is 2. The fourth-order valence-corrected chi connectivity index (χ4v) is 13.9. The van der Waals surface area contributed by atoms with E-state index in [-0.39, 0.29) is 12.8 Å². The van der Waals surface area contributed by atoms with Crippen molar-refractivity contribution in [2.45, 2.75) is 58.0 Å². The number of likely N-dealkylation sites (N-methyl/N-ethyl adjacent to an activating group) is 1. The molecule has 16 heteroatoms. The summed E-state index contributed by atoms with van der Waals surface area (Å²) < 4.78 is 80.8. The number of allylic oxidation sites excluding steroid dienone is 3. The first kappa shape index (κ1) is 50.1. The van der Waals surface area contributed by atoms with Crippen molar-refractivity contribution in [3.63, 3.8) is 0 Å². The molecule has 3 aromatic heterocycles. The number of fused-ring (bicyclic) bond motifs is 8. The van der Waals surface area contributed by atoms with E-state index in [2.05, 4.69) is 143 Å². The zero-order valence-corrected chi connectivity index (χ0v) is 44.0. The van der Waals surface area contributed by atoms with Crippen LogP contribution in [0.4, 0.5) is 11.4 Å². The highest BCUT2D eigenvalue weighted by Crippen LogP contribution is 2.50. The maximum absolute atomic E-state index is 11.5. The number of benzene rings is 5. The van der Waals surface area contributed by atoms with Crippen molar-refractivity contribution in [3.05, 3.63) is 159 Å². The number of thiophene rings is 1. The van der Waals surface area contributed by atoms with Gasteiger partial charge in [0.05, 0.1) is 38.1 Å². The van der Waals surface area contributed by atoms with E-state index in [0.29, 0.717) is 19.5 Å². The van der Waals surface area contributed by atoms with Crippen molar-refractivity contribution in [2.75, 3.05) is 41.5 Å². The Labute approximate surface area is 427 Å². The number of nitrogens with zero attached hydrogens (tertiary/aromatic N) is 4. The molecule has 366 valence electrons. The van der Waals surface area contributed by atoms with Crippen molar-refractivity contribution in [3.8, 4) is 5.75 Å². The predicted molar refractivity (Wildman–Crippen MR) is 292 cm³/mol. The number of para-hydroxylation sites is 2. The van der Waals surface area contributed by atoms with Crippen LogP contribution in [0, 0.1) is 0 Å². The molecule has 0 bridgehead atoms. The number of aryl methyl sites for hydroxylation is 2. The van der Waals surface area contributed by atoms with Crippen LogP contribution in [0.15, 0.2) is 148 Å². The number of rotatable bonds is 15. The van der Waals surface area contributed by atoms with Crippen LogP contribution in [0.2, 0.25) is 0 Å². The van der Waals surface area contributed by atoms with Gasteiger partial charge in [-0.3, -0.25) is 0 Å². The molecule has 0 saturated carbocycles. The molecule has 11 nitrogen and oxygen atoms in total. The SMILES string of the molecule is CCC(/C=C1\Sc2c(ccc3ccccc23)N1CCCS(=O)(=O)[O-])=C\c1sc2cc(OC)c3ccsc3c2[n+]1CCCS(=O)(=O)[O-].CCN1/C(=C/c2ccc3ccccc3[n+]2CC)C=Cc2ccccc21. The highest BCUT2D eigenvalue weighted by molar-refractivity contribution is 8.04. The quantitative estimate of drug-likeness (QED) is 0.0720. The highest BCUT2D eigenvalue weighted by Gasteiger charge is 2.29. The summed E-state index contributed by atoms with van der Waals surface area (Å²) in [5, 5.41) is 8.29. The van der Waals surface area contributed by atoms with Crippen molar-refractivity contribution >= 4 is 126 Å². The molecule has 0 fully saturated rings. The minimum Gasteiger partial charge on any atom is -0.748 e. The molecule has 0 saturated heterocycles. The third-order valence-electron chi connectivity index (χ3n) is 12.7. The van der Waals surface area contributed by atoms with Crippen molar-refractivity contribution in [1.29, 1.82) is 0 Å². The second-order valence-corrected chi connectivity index (χ2v) is 23.2. The zero-order valence-electron chi connectivity index (χ0n) is 39.9. The maximum atomic E-state index is 11.5. The van der Waals surface area contributed by atoms with Crippen LogP contribution >= 0.6 is 34.4 Å². The van der Waals surface area contributed by atoms with E-state index in [1.54, 1.807) is 41.5 Å².